The maximum Gasteiger partial charge on any atom is 0.237 e. The van der Waals surface area contributed by atoms with Crippen LogP contribution >= 0.6 is 11.8 Å². The first-order valence-electron chi connectivity index (χ1n) is 11.0. The van der Waals surface area contributed by atoms with Crippen LogP contribution in [0.25, 0.3) is 17.1 Å². The lowest BCUT2D eigenvalue weighted by Crippen LogP contribution is -2.07. The van der Waals surface area contributed by atoms with Crippen molar-refractivity contribution in [3.8, 4) is 28.6 Å². The van der Waals surface area contributed by atoms with Crippen LogP contribution in [0, 0.1) is 6.92 Å². The van der Waals surface area contributed by atoms with Gasteiger partial charge in [0.15, 0.2) is 11.0 Å². The topological polar surface area (TPSA) is 88.1 Å². The zero-order valence-electron chi connectivity index (χ0n) is 19.3. The highest BCUT2D eigenvalue weighted by Gasteiger charge is 2.17. The van der Waals surface area contributed by atoms with Crippen molar-refractivity contribution in [2.75, 3.05) is 7.11 Å². The second-order valence-corrected chi connectivity index (χ2v) is 8.60. The van der Waals surface area contributed by atoms with E-state index in [0.717, 1.165) is 28.3 Å². The molecule has 0 unspecified atom stereocenters. The van der Waals surface area contributed by atoms with E-state index in [1.807, 2.05) is 90.4 Å². The number of methoxy groups -OCH3 is 1. The van der Waals surface area contributed by atoms with Crippen molar-refractivity contribution in [1.82, 2.24) is 24.9 Å². The van der Waals surface area contributed by atoms with Gasteiger partial charge in [0.1, 0.15) is 18.1 Å². The highest BCUT2D eigenvalue weighted by molar-refractivity contribution is 7.98. The largest absolute Gasteiger partial charge is 0.497 e. The lowest BCUT2D eigenvalue weighted by atomic mass is 10.2. The fourth-order valence-electron chi connectivity index (χ4n) is 3.48. The molecule has 0 saturated heterocycles. The van der Waals surface area contributed by atoms with Gasteiger partial charge in [0.2, 0.25) is 11.7 Å². The average molecular weight is 486 g/mol. The van der Waals surface area contributed by atoms with E-state index in [-0.39, 0.29) is 6.61 Å². The number of aryl methyl sites for hydroxylation is 1. The average Bonchev–Trinajstić information content (AvgIpc) is 3.55. The van der Waals surface area contributed by atoms with Crippen molar-refractivity contribution < 1.29 is 14.0 Å². The van der Waals surface area contributed by atoms with Gasteiger partial charge in [0, 0.05) is 11.3 Å². The Kier molecular flexibility index (Phi) is 6.76. The van der Waals surface area contributed by atoms with Gasteiger partial charge < -0.3 is 14.0 Å². The third kappa shape index (κ3) is 5.20. The summed E-state index contributed by atoms with van der Waals surface area (Å²) in [6, 6.07) is 25.4. The summed E-state index contributed by atoms with van der Waals surface area (Å²) >= 11 is 1.47. The van der Waals surface area contributed by atoms with Crippen molar-refractivity contribution in [1.29, 1.82) is 0 Å². The highest BCUT2D eigenvalue weighted by atomic mass is 32.2. The highest BCUT2D eigenvalue weighted by Crippen LogP contribution is 2.27. The molecule has 0 atom stereocenters. The van der Waals surface area contributed by atoms with Gasteiger partial charge >= 0.3 is 0 Å². The standard InChI is InChI=1S/C26H23N5O3S/c1-18-8-6-7-11-22(18)33-16-23-28-29-26(31(23)20-9-4-3-5-10-20)35-17-24-27-25(30-34-24)19-12-14-21(32-2)15-13-19/h3-15H,16-17H2,1-2H3. The minimum absolute atomic E-state index is 0.287. The summed E-state index contributed by atoms with van der Waals surface area (Å²) in [6.45, 7) is 2.30. The van der Waals surface area contributed by atoms with Gasteiger partial charge in [0.05, 0.1) is 12.9 Å². The number of thioether (sulfide) groups is 1. The van der Waals surface area contributed by atoms with Gasteiger partial charge in [-0.3, -0.25) is 4.57 Å². The third-order valence-electron chi connectivity index (χ3n) is 5.31. The van der Waals surface area contributed by atoms with Crippen LogP contribution in [0.3, 0.4) is 0 Å². The molecule has 35 heavy (non-hydrogen) atoms. The number of hydrogen-bond donors (Lipinski definition) is 0. The van der Waals surface area contributed by atoms with Crippen LogP contribution < -0.4 is 9.47 Å². The Labute approximate surface area is 206 Å². The van der Waals surface area contributed by atoms with Gasteiger partial charge in [0.25, 0.3) is 0 Å². The van der Waals surface area contributed by atoms with Gasteiger partial charge in [-0.15, -0.1) is 10.2 Å². The minimum atomic E-state index is 0.287. The lowest BCUT2D eigenvalue weighted by Gasteiger charge is -2.11. The molecular weight excluding hydrogens is 462 g/mol. The Morgan fingerprint density at radius 2 is 1.69 bits per heavy atom. The molecule has 0 spiro atoms. The van der Waals surface area contributed by atoms with E-state index in [1.165, 1.54) is 11.8 Å². The van der Waals surface area contributed by atoms with Crippen LogP contribution in [0.15, 0.2) is 88.5 Å². The number of hydrogen-bond acceptors (Lipinski definition) is 8. The molecule has 0 fully saturated rings. The van der Waals surface area contributed by atoms with Crippen LogP contribution in [0.2, 0.25) is 0 Å². The summed E-state index contributed by atoms with van der Waals surface area (Å²) in [5.74, 6) is 3.77. The number of aromatic nitrogens is 5. The first-order chi connectivity index (χ1) is 17.2. The zero-order chi connectivity index (χ0) is 24.0. The third-order valence-corrected chi connectivity index (χ3v) is 6.22. The first kappa shape index (κ1) is 22.7. The summed E-state index contributed by atoms with van der Waals surface area (Å²) in [4.78, 5) is 4.52. The van der Waals surface area contributed by atoms with Crippen LogP contribution in [-0.4, -0.2) is 32.0 Å². The molecule has 0 aliphatic carbocycles. The van der Waals surface area contributed by atoms with Gasteiger partial charge in [-0.05, 0) is 55.0 Å². The minimum Gasteiger partial charge on any atom is -0.497 e. The fourth-order valence-corrected chi connectivity index (χ4v) is 4.29. The van der Waals surface area contributed by atoms with Crippen LogP contribution in [-0.2, 0) is 12.4 Å². The number of ether oxygens (including phenoxy) is 2. The summed E-state index contributed by atoms with van der Waals surface area (Å²) in [5, 5.41) is 13.6. The first-order valence-corrected chi connectivity index (χ1v) is 12.0. The van der Waals surface area contributed by atoms with E-state index < -0.39 is 0 Å². The summed E-state index contributed by atoms with van der Waals surface area (Å²) in [7, 11) is 1.63. The molecule has 3 aromatic carbocycles. The summed E-state index contributed by atoms with van der Waals surface area (Å²) < 4.78 is 18.7. The van der Waals surface area contributed by atoms with Crippen molar-refractivity contribution in [3.05, 3.63) is 96.1 Å². The maximum absolute atomic E-state index is 6.05. The molecule has 2 aromatic heterocycles. The zero-order valence-corrected chi connectivity index (χ0v) is 20.1. The molecule has 0 bridgehead atoms. The van der Waals surface area contributed by atoms with E-state index in [0.29, 0.717) is 28.4 Å². The van der Waals surface area contributed by atoms with Crippen molar-refractivity contribution in [3.63, 3.8) is 0 Å². The number of rotatable bonds is 9. The van der Waals surface area contributed by atoms with Gasteiger partial charge in [-0.1, -0.05) is 53.3 Å². The van der Waals surface area contributed by atoms with E-state index in [2.05, 4.69) is 20.3 Å². The fraction of sp³-hybridized carbons (Fsp3) is 0.154. The molecule has 0 saturated carbocycles. The monoisotopic (exact) mass is 485 g/mol. The number of nitrogens with zero attached hydrogens (tertiary/aromatic N) is 5. The second kappa shape index (κ2) is 10.4. The molecule has 0 aliphatic rings. The molecule has 176 valence electrons. The Balaban J connectivity index is 1.34. The quantitative estimate of drug-likeness (QED) is 0.253. The molecule has 0 amide bonds. The Hall–Kier alpha value is -4.11. The summed E-state index contributed by atoms with van der Waals surface area (Å²) in [5.41, 5.74) is 2.87. The molecule has 0 N–H and O–H groups in total. The number of benzene rings is 3. The van der Waals surface area contributed by atoms with Crippen LogP contribution in [0.5, 0.6) is 11.5 Å². The molecule has 8 nitrogen and oxygen atoms in total. The Bertz CT molecular complexity index is 1400. The van der Waals surface area contributed by atoms with Gasteiger partial charge in [-0.2, -0.15) is 4.98 Å². The normalized spacial score (nSPS) is 10.9. The lowest BCUT2D eigenvalue weighted by molar-refractivity contribution is 0.291. The Morgan fingerprint density at radius 1 is 0.914 bits per heavy atom. The Morgan fingerprint density at radius 3 is 2.46 bits per heavy atom. The molecule has 5 rings (SSSR count). The van der Waals surface area contributed by atoms with Crippen molar-refractivity contribution in [2.45, 2.75) is 24.4 Å². The van der Waals surface area contributed by atoms with Crippen LogP contribution in [0.4, 0.5) is 0 Å². The molecule has 5 aromatic rings. The molecule has 2 heterocycles. The van der Waals surface area contributed by atoms with Crippen molar-refractivity contribution >= 4 is 11.8 Å². The van der Waals surface area contributed by atoms with Crippen LogP contribution in [0.1, 0.15) is 17.3 Å². The second-order valence-electron chi connectivity index (χ2n) is 7.65. The van der Waals surface area contributed by atoms with E-state index >= 15 is 0 Å². The number of para-hydroxylation sites is 2. The smallest absolute Gasteiger partial charge is 0.237 e. The van der Waals surface area contributed by atoms with Gasteiger partial charge in [-0.25, -0.2) is 0 Å². The SMILES string of the molecule is COc1ccc(-c2noc(CSc3nnc(COc4ccccc4C)n3-c3ccccc3)n2)cc1. The van der Waals surface area contributed by atoms with Crippen molar-refractivity contribution in [2.24, 2.45) is 0 Å². The maximum atomic E-state index is 6.05. The molecule has 9 heteroatoms. The molecular formula is C26H23N5O3S. The molecule has 0 aliphatic heterocycles. The summed E-state index contributed by atoms with van der Waals surface area (Å²) in [6.07, 6.45) is 0. The van der Waals surface area contributed by atoms with E-state index in [9.17, 15) is 0 Å². The molecule has 0 radical (unpaired) electrons. The predicted octanol–water partition coefficient (Wildman–Crippen LogP) is 5.51. The van der Waals surface area contributed by atoms with E-state index in [1.54, 1.807) is 7.11 Å². The van der Waals surface area contributed by atoms with E-state index in [4.69, 9.17) is 14.0 Å². The predicted molar refractivity (Wildman–Crippen MR) is 133 cm³/mol.